The molecular formula is C6H4Cl2F3N3. The van der Waals surface area contributed by atoms with E-state index in [9.17, 15) is 13.2 Å². The third kappa shape index (κ3) is 2.02. The highest BCUT2D eigenvalue weighted by atomic mass is 35.5. The van der Waals surface area contributed by atoms with E-state index < -0.39 is 16.9 Å². The summed E-state index contributed by atoms with van der Waals surface area (Å²) in [5.74, 6) is 4.95. The van der Waals surface area contributed by atoms with Gasteiger partial charge in [-0.3, -0.25) is 5.84 Å². The van der Waals surface area contributed by atoms with Gasteiger partial charge >= 0.3 is 6.18 Å². The van der Waals surface area contributed by atoms with Gasteiger partial charge in [-0.25, -0.2) is 4.98 Å². The first-order valence-corrected chi connectivity index (χ1v) is 4.01. The van der Waals surface area contributed by atoms with Crippen LogP contribution >= 0.6 is 23.2 Å². The summed E-state index contributed by atoms with van der Waals surface area (Å²) in [5.41, 5.74) is 0.548. The third-order valence-corrected chi connectivity index (χ3v) is 2.04. The van der Waals surface area contributed by atoms with Gasteiger partial charge in [-0.15, -0.1) is 0 Å². The topological polar surface area (TPSA) is 50.9 Å². The lowest BCUT2D eigenvalue weighted by Gasteiger charge is -2.11. The first-order valence-electron chi connectivity index (χ1n) is 3.25. The summed E-state index contributed by atoms with van der Waals surface area (Å²) < 4.78 is 36.7. The second kappa shape index (κ2) is 3.80. The molecule has 0 spiro atoms. The molecule has 0 aromatic carbocycles. The summed E-state index contributed by atoms with van der Waals surface area (Å²) >= 11 is 10.9. The van der Waals surface area contributed by atoms with E-state index in [2.05, 4.69) is 4.98 Å². The van der Waals surface area contributed by atoms with Gasteiger partial charge in [0.1, 0.15) is 0 Å². The number of hydrazine groups is 1. The molecule has 1 aromatic rings. The Balaban J connectivity index is 3.36. The van der Waals surface area contributed by atoms with Gasteiger partial charge < -0.3 is 5.43 Å². The van der Waals surface area contributed by atoms with Crippen molar-refractivity contribution in [3.8, 4) is 0 Å². The molecule has 0 amide bonds. The summed E-state index contributed by atoms with van der Waals surface area (Å²) in [5, 5.41) is -0.724. The second-order valence-electron chi connectivity index (χ2n) is 2.29. The summed E-state index contributed by atoms with van der Waals surface area (Å²) in [7, 11) is 0. The Hall–Kier alpha value is -0.720. The van der Waals surface area contributed by atoms with E-state index in [1.807, 2.05) is 5.43 Å². The van der Waals surface area contributed by atoms with E-state index in [1.165, 1.54) is 0 Å². The molecule has 3 nitrogen and oxygen atoms in total. The number of halogens is 5. The number of nitrogens with zero attached hydrogens (tertiary/aromatic N) is 1. The van der Waals surface area contributed by atoms with Crippen LogP contribution in [0.5, 0.6) is 0 Å². The number of hydrogen-bond donors (Lipinski definition) is 2. The van der Waals surface area contributed by atoms with Crippen LogP contribution < -0.4 is 11.3 Å². The molecule has 1 rings (SSSR count). The van der Waals surface area contributed by atoms with Crippen molar-refractivity contribution in [3.63, 3.8) is 0 Å². The van der Waals surface area contributed by atoms with Crippen LogP contribution in [0.3, 0.4) is 0 Å². The highest BCUT2D eigenvalue weighted by Gasteiger charge is 2.36. The van der Waals surface area contributed by atoms with E-state index in [4.69, 9.17) is 29.0 Å². The minimum absolute atomic E-state index is 0.0782. The van der Waals surface area contributed by atoms with Gasteiger partial charge in [0.2, 0.25) is 0 Å². The summed E-state index contributed by atoms with van der Waals surface area (Å²) in [6.07, 6.45) is -3.81. The average Bonchev–Trinajstić information content (AvgIpc) is 2.02. The molecule has 0 aliphatic carbocycles. The van der Waals surface area contributed by atoms with E-state index in [0.717, 1.165) is 6.20 Å². The number of anilines is 1. The molecule has 0 fully saturated rings. The Bertz CT molecular complexity index is 353. The average molecular weight is 246 g/mol. The molecule has 8 heteroatoms. The van der Waals surface area contributed by atoms with Gasteiger partial charge in [0.25, 0.3) is 0 Å². The first-order chi connectivity index (χ1) is 6.38. The number of nitrogens with two attached hydrogens (primary N) is 1. The lowest BCUT2D eigenvalue weighted by atomic mass is 10.3. The van der Waals surface area contributed by atoms with Crippen molar-refractivity contribution in [1.29, 1.82) is 0 Å². The number of rotatable bonds is 1. The standard InChI is InChI=1S/C6H4Cl2F3N3/c7-2-1-13-5(6(9,10)11)3(8)4(2)14-12/h1H,12H2,(H,13,14). The fourth-order valence-corrected chi connectivity index (χ4v) is 1.35. The number of aromatic nitrogens is 1. The normalized spacial score (nSPS) is 11.6. The van der Waals surface area contributed by atoms with Gasteiger partial charge in [0.15, 0.2) is 5.69 Å². The predicted molar refractivity (Wildman–Crippen MR) is 47.1 cm³/mol. The van der Waals surface area contributed by atoms with Crippen LogP contribution in [0.2, 0.25) is 10.0 Å². The molecule has 1 aromatic heterocycles. The molecule has 0 saturated heterocycles. The molecule has 3 N–H and O–H groups in total. The van der Waals surface area contributed by atoms with Crippen molar-refractivity contribution in [2.24, 2.45) is 5.84 Å². The summed E-state index contributed by atoms with van der Waals surface area (Å²) in [6, 6.07) is 0. The molecular weight excluding hydrogens is 242 g/mol. The van der Waals surface area contributed by atoms with Gasteiger partial charge in [-0.1, -0.05) is 23.2 Å². The fourth-order valence-electron chi connectivity index (χ4n) is 0.796. The lowest BCUT2D eigenvalue weighted by molar-refractivity contribution is -0.141. The zero-order chi connectivity index (χ0) is 10.9. The van der Waals surface area contributed by atoms with Gasteiger partial charge in [-0.2, -0.15) is 13.2 Å². The molecule has 0 atom stereocenters. The van der Waals surface area contributed by atoms with Gasteiger partial charge in [0.05, 0.1) is 15.7 Å². The molecule has 0 aliphatic heterocycles. The van der Waals surface area contributed by atoms with Crippen molar-refractivity contribution in [2.45, 2.75) is 6.18 Å². The predicted octanol–water partition coefficient (Wildman–Crippen LogP) is 2.69. The largest absolute Gasteiger partial charge is 0.434 e. The fraction of sp³-hybridized carbons (Fsp3) is 0.167. The minimum atomic E-state index is -4.63. The van der Waals surface area contributed by atoms with Crippen LogP contribution in [0.25, 0.3) is 0 Å². The van der Waals surface area contributed by atoms with Crippen molar-refractivity contribution in [1.82, 2.24) is 4.98 Å². The Morgan fingerprint density at radius 2 is 1.93 bits per heavy atom. The van der Waals surface area contributed by atoms with Crippen LogP contribution in [0.1, 0.15) is 5.69 Å². The Morgan fingerprint density at radius 1 is 1.36 bits per heavy atom. The molecule has 1 heterocycles. The SMILES string of the molecule is NNc1c(Cl)cnc(C(F)(F)F)c1Cl. The van der Waals surface area contributed by atoms with Gasteiger partial charge in [0, 0.05) is 6.20 Å². The maximum absolute atomic E-state index is 12.2. The summed E-state index contributed by atoms with van der Waals surface area (Å²) in [4.78, 5) is 3.07. The maximum atomic E-state index is 12.2. The summed E-state index contributed by atoms with van der Waals surface area (Å²) in [6.45, 7) is 0. The molecule has 0 bridgehead atoms. The van der Waals surface area contributed by atoms with Crippen LogP contribution in [0.15, 0.2) is 6.20 Å². The zero-order valence-electron chi connectivity index (χ0n) is 6.49. The number of nitrogen functional groups attached to an aromatic ring is 1. The molecule has 0 saturated carbocycles. The monoisotopic (exact) mass is 245 g/mol. The van der Waals surface area contributed by atoms with Gasteiger partial charge in [-0.05, 0) is 0 Å². The molecule has 0 radical (unpaired) electrons. The maximum Gasteiger partial charge on any atom is 0.434 e. The van der Waals surface area contributed by atoms with E-state index in [0.29, 0.717) is 0 Å². The van der Waals surface area contributed by atoms with Crippen LogP contribution in [0.4, 0.5) is 18.9 Å². The van der Waals surface area contributed by atoms with E-state index in [-0.39, 0.29) is 10.7 Å². The molecule has 14 heavy (non-hydrogen) atoms. The number of pyridine rings is 1. The van der Waals surface area contributed by atoms with Crippen molar-refractivity contribution in [3.05, 3.63) is 21.9 Å². The Kier molecular flexibility index (Phi) is 3.08. The molecule has 0 unspecified atom stereocenters. The third-order valence-electron chi connectivity index (χ3n) is 1.39. The van der Waals surface area contributed by atoms with Crippen LogP contribution in [-0.4, -0.2) is 4.98 Å². The molecule has 78 valence electrons. The highest BCUT2D eigenvalue weighted by Crippen LogP contribution is 2.39. The van der Waals surface area contributed by atoms with E-state index in [1.54, 1.807) is 0 Å². The van der Waals surface area contributed by atoms with Crippen molar-refractivity contribution >= 4 is 28.9 Å². The van der Waals surface area contributed by atoms with E-state index >= 15 is 0 Å². The highest BCUT2D eigenvalue weighted by molar-refractivity contribution is 6.39. The number of hydrogen-bond acceptors (Lipinski definition) is 3. The Morgan fingerprint density at radius 3 is 2.36 bits per heavy atom. The van der Waals surface area contributed by atoms with Crippen molar-refractivity contribution in [2.75, 3.05) is 5.43 Å². The quantitative estimate of drug-likeness (QED) is 0.591. The molecule has 0 aliphatic rings. The number of alkyl halides is 3. The zero-order valence-corrected chi connectivity index (χ0v) is 8.00. The van der Waals surface area contributed by atoms with Crippen molar-refractivity contribution < 1.29 is 13.2 Å². The van der Waals surface area contributed by atoms with Crippen LogP contribution in [0, 0.1) is 0 Å². The smallest absolute Gasteiger partial charge is 0.321 e. The second-order valence-corrected chi connectivity index (χ2v) is 3.07. The lowest BCUT2D eigenvalue weighted by Crippen LogP contribution is -2.13. The minimum Gasteiger partial charge on any atom is -0.321 e. The Labute approximate surface area is 87.0 Å². The first kappa shape index (κ1) is 11.4. The van der Waals surface area contributed by atoms with Crippen LogP contribution in [-0.2, 0) is 6.18 Å². The number of nitrogens with one attached hydrogen (secondary N) is 1.